The third-order valence-corrected chi connectivity index (χ3v) is 7.44. The molecule has 14 heteroatoms. The molecular weight excluding hydrogens is 766 g/mol. The Bertz CT molecular complexity index is 1550. The molecular formula is C28H34I2N8O4. The Morgan fingerprint density at radius 2 is 1.14 bits per heavy atom. The zero-order valence-corrected chi connectivity index (χ0v) is 28.2. The number of nitrogens with zero attached hydrogens (tertiary/aromatic N) is 4. The van der Waals surface area contributed by atoms with E-state index in [1.165, 1.54) is 12.4 Å². The molecule has 12 nitrogen and oxygen atoms in total. The van der Waals surface area contributed by atoms with Gasteiger partial charge >= 0.3 is 0 Å². The molecule has 0 atom stereocenters. The van der Waals surface area contributed by atoms with E-state index in [1.54, 1.807) is 12.1 Å². The number of halogens is 2. The lowest BCUT2D eigenvalue weighted by Crippen LogP contribution is -2.03. The van der Waals surface area contributed by atoms with Gasteiger partial charge in [-0.2, -0.15) is 9.97 Å². The van der Waals surface area contributed by atoms with E-state index < -0.39 is 0 Å². The third-order valence-electron chi connectivity index (χ3n) is 5.73. The second-order valence-corrected chi connectivity index (χ2v) is 11.9. The van der Waals surface area contributed by atoms with Crippen LogP contribution in [-0.2, 0) is 0 Å². The van der Waals surface area contributed by atoms with Crippen LogP contribution in [0.2, 0.25) is 0 Å². The van der Waals surface area contributed by atoms with Crippen LogP contribution in [0.4, 0.5) is 23.5 Å². The number of phenols is 1. The van der Waals surface area contributed by atoms with Gasteiger partial charge in [0.2, 0.25) is 11.9 Å². The van der Waals surface area contributed by atoms with E-state index in [1.807, 2.05) is 55.5 Å². The fourth-order valence-electron chi connectivity index (χ4n) is 3.65. The minimum Gasteiger partial charge on any atom is -0.507 e. The Morgan fingerprint density at radius 3 is 1.57 bits per heavy atom. The summed E-state index contributed by atoms with van der Waals surface area (Å²) in [7, 11) is 0. The SMILES string of the molecule is CC(C)c1cc(O)c(I)cc1Oc1cnc(N)nc1N.CCOc1cc(C(C)C)c(Oc2cnc(N)nc2N)cc1I. The van der Waals surface area contributed by atoms with Crippen LogP contribution < -0.4 is 37.1 Å². The zero-order valence-electron chi connectivity index (χ0n) is 23.9. The molecule has 0 saturated carbocycles. The summed E-state index contributed by atoms with van der Waals surface area (Å²) in [6, 6.07) is 7.37. The average Bonchev–Trinajstić information content (AvgIpc) is 2.91. The molecule has 2 aromatic carbocycles. The van der Waals surface area contributed by atoms with Crippen LogP contribution in [0.3, 0.4) is 0 Å². The summed E-state index contributed by atoms with van der Waals surface area (Å²) < 4.78 is 19.0. The van der Waals surface area contributed by atoms with Crippen LogP contribution in [0.5, 0.6) is 34.5 Å². The van der Waals surface area contributed by atoms with Crippen molar-refractivity contribution >= 4 is 68.7 Å². The number of hydrogen-bond donors (Lipinski definition) is 5. The number of aromatic nitrogens is 4. The van der Waals surface area contributed by atoms with Gasteiger partial charge in [0.15, 0.2) is 23.1 Å². The Balaban J connectivity index is 0.000000231. The maximum atomic E-state index is 9.80. The minimum atomic E-state index is 0.0965. The van der Waals surface area contributed by atoms with E-state index in [4.69, 9.17) is 37.1 Å². The molecule has 224 valence electrons. The van der Waals surface area contributed by atoms with Gasteiger partial charge in [-0.1, -0.05) is 27.7 Å². The van der Waals surface area contributed by atoms with Gasteiger partial charge in [0.05, 0.1) is 26.1 Å². The molecule has 9 N–H and O–H groups in total. The zero-order chi connectivity index (χ0) is 31.1. The van der Waals surface area contributed by atoms with Gasteiger partial charge in [-0.3, -0.25) is 0 Å². The van der Waals surface area contributed by atoms with Crippen molar-refractivity contribution in [3.8, 4) is 34.5 Å². The van der Waals surface area contributed by atoms with E-state index in [0.717, 1.165) is 20.4 Å². The quantitative estimate of drug-likeness (QED) is 0.123. The highest BCUT2D eigenvalue weighted by Gasteiger charge is 2.17. The summed E-state index contributed by atoms with van der Waals surface area (Å²) >= 11 is 4.25. The van der Waals surface area contributed by atoms with Gasteiger partial charge in [0.25, 0.3) is 0 Å². The molecule has 2 aromatic heterocycles. The van der Waals surface area contributed by atoms with E-state index in [0.29, 0.717) is 33.2 Å². The molecule has 0 radical (unpaired) electrons. The fraction of sp³-hybridized carbons (Fsp3) is 0.286. The van der Waals surface area contributed by atoms with E-state index in [-0.39, 0.29) is 41.1 Å². The molecule has 0 aliphatic rings. The predicted octanol–water partition coefficient (Wildman–Crippen LogP) is 6.43. The largest absolute Gasteiger partial charge is 0.507 e. The molecule has 0 fully saturated rings. The highest BCUT2D eigenvalue weighted by atomic mass is 127. The van der Waals surface area contributed by atoms with Crippen molar-refractivity contribution in [2.75, 3.05) is 29.5 Å². The molecule has 0 unspecified atom stereocenters. The number of anilines is 4. The Hall–Kier alpha value is -3.54. The first-order valence-electron chi connectivity index (χ1n) is 12.9. The fourth-order valence-corrected chi connectivity index (χ4v) is 4.68. The van der Waals surface area contributed by atoms with E-state index >= 15 is 0 Å². The summed E-state index contributed by atoms with van der Waals surface area (Å²) in [5.41, 5.74) is 24.4. The summed E-state index contributed by atoms with van der Waals surface area (Å²) in [6.07, 6.45) is 2.91. The Labute approximate surface area is 271 Å². The normalized spacial score (nSPS) is 10.8. The second-order valence-electron chi connectivity index (χ2n) is 9.56. The van der Waals surface area contributed by atoms with Gasteiger partial charge in [-0.15, -0.1) is 0 Å². The van der Waals surface area contributed by atoms with Crippen LogP contribution >= 0.6 is 45.2 Å². The predicted molar refractivity (Wildman–Crippen MR) is 181 cm³/mol. The summed E-state index contributed by atoms with van der Waals surface area (Å²) in [4.78, 5) is 15.5. The number of hydrogen-bond acceptors (Lipinski definition) is 12. The van der Waals surface area contributed by atoms with E-state index in [9.17, 15) is 5.11 Å². The van der Waals surface area contributed by atoms with Crippen molar-refractivity contribution in [2.24, 2.45) is 0 Å². The monoisotopic (exact) mass is 800 g/mol. The summed E-state index contributed by atoms with van der Waals surface area (Å²) in [6.45, 7) is 10.8. The molecule has 0 saturated heterocycles. The molecule has 4 aromatic rings. The lowest BCUT2D eigenvalue weighted by molar-refractivity contribution is 0.336. The second kappa shape index (κ2) is 14.6. The molecule has 0 spiro atoms. The molecule has 42 heavy (non-hydrogen) atoms. The number of phenolic OH excluding ortho intramolecular Hbond substituents is 1. The highest BCUT2D eigenvalue weighted by Crippen LogP contribution is 2.39. The maximum absolute atomic E-state index is 9.80. The third kappa shape index (κ3) is 8.50. The number of benzene rings is 2. The van der Waals surface area contributed by atoms with Crippen LogP contribution in [0, 0.1) is 7.14 Å². The van der Waals surface area contributed by atoms with Crippen molar-refractivity contribution in [1.29, 1.82) is 0 Å². The van der Waals surface area contributed by atoms with Gasteiger partial charge in [-0.25, -0.2) is 9.97 Å². The van der Waals surface area contributed by atoms with Gasteiger partial charge < -0.3 is 42.3 Å². The van der Waals surface area contributed by atoms with Gasteiger partial charge in [-0.05, 0) is 88.2 Å². The van der Waals surface area contributed by atoms with Crippen molar-refractivity contribution < 1.29 is 19.3 Å². The topological polar surface area (TPSA) is 204 Å². The number of nitrogens with two attached hydrogens (primary N) is 4. The maximum Gasteiger partial charge on any atom is 0.222 e. The first-order chi connectivity index (χ1) is 19.8. The number of nitrogen functional groups attached to an aromatic ring is 4. The van der Waals surface area contributed by atoms with Crippen LogP contribution in [0.15, 0.2) is 36.7 Å². The van der Waals surface area contributed by atoms with Gasteiger partial charge in [0.1, 0.15) is 23.0 Å². The minimum absolute atomic E-state index is 0.0965. The molecule has 2 heterocycles. The summed E-state index contributed by atoms with van der Waals surface area (Å²) in [5.74, 6) is 4.18. The lowest BCUT2D eigenvalue weighted by Gasteiger charge is -2.17. The Morgan fingerprint density at radius 1 is 0.690 bits per heavy atom. The van der Waals surface area contributed by atoms with Gasteiger partial charge in [0, 0.05) is 11.1 Å². The van der Waals surface area contributed by atoms with Crippen molar-refractivity contribution in [3.05, 3.63) is 54.9 Å². The first kappa shape index (κ1) is 33.0. The summed E-state index contributed by atoms with van der Waals surface area (Å²) in [5, 5.41) is 9.80. The molecule has 0 bridgehead atoms. The van der Waals surface area contributed by atoms with Crippen LogP contribution in [0.1, 0.15) is 57.6 Å². The van der Waals surface area contributed by atoms with Crippen molar-refractivity contribution in [3.63, 3.8) is 0 Å². The van der Waals surface area contributed by atoms with Crippen molar-refractivity contribution in [1.82, 2.24) is 19.9 Å². The molecule has 0 amide bonds. The smallest absolute Gasteiger partial charge is 0.222 e. The lowest BCUT2D eigenvalue weighted by atomic mass is 10.0. The van der Waals surface area contributed by atoms with Crippen LogP contribution in [0.25, 0.3) is 0 Å². The average molecular weight is 800 g/mol. The molecule has 0 aliphatic carbocycles. The first-order valence-corrected chi connectivity index (χ1v) is 15.1. The van der Waals surface area contributed by atoms with E-state index in [2.05, 4.69) is 56.4 Å². The van der Waals surface area contributed by atoms with Crippen molar-refractivity contribution in [2.45, 2.75) is 46.5 Å². The number of rotatable bonds is 8. The van der Waals surface area contributed by atoms with Crippen LogP contribution in [-0.4, -0.2) is 31.6 Å². The Kier molecular flexibility index (Phi) is 11.4. The number of aromatic hydroxyl groups is 1. The standard InChI is InChI=1S/C15H19IN4O2.C13H15IN4O2/c1-4-21-12-5-9(8(2)3)11(6-10(12)16)22-13-7-19-15(18)20-14(13)17;1-6(2)7-3-9(19)8(14)4-10(7)20-11-5-17-13(16)18-12(11)15/h5-8H,4H2,1-3H3,(H4,17,18,19,20);3-6,19H,1-2H3,(H4,15,16,17,18). The molecule has 4 rings (SSSR count). The highest BCUT2D eigenvalue weighted by molar-refractivity contribution is 14.1. The number of ether oxygens (including phenoxy) is 3. The molecule has 0 aliphatic heterocycles.